The lowest BCUT2D eigenvalue weighted by molar-refractivity contribution is -0.117. The fraction of sp³-hybridized carbons (Fsp3) is 0.533. The first-order chi connectivity index (χ1) is 9.60. The first kappa shape index (κ1) is 14.8. The number of carbonyl (C=O) groups is 1. The van der Waals surface area contributed by atoms with Crippen LogP contribution in [0.3, 0.4) is 0 Å². The number of methoxy groups -OCH3 is 1. The third kappa shape index (κ3) is 3.71. The Morgan fingerprint density at radius 2 is 2.15 bits per heavy atom. The molecule has 1 heterocycles. The Bertz CT molecular complexity index is 476. The number of rotatable bonds is 4. The lowest BCUT2D eigenvalue weighted by Crippen LogP contribution is -2.26. The van der Waals surface area contributed by atoms with Crippen molar-refractivity contribution < 1.29 is 9.53 Å². The molecule has 1 amide bonds. The van der Waals surface area contributed by atoms with Crippen molar-refractivity contribution in [1.82, 2.24) is 4.90 Å². The summed E-state index contributed by atoms with van der Waals surface area (Å²) in [5.74, 6) is -0.0137. The lowest BCUT2D eigenvalue weighted by Gasteiger charge is -2.20. The molecule has 0 atom stereocenters. The van der Waals surface area contributed by atoms with Crippen LogP contribution >= 0.6 is 0 Å². The molecule has 0 bridgehead atoms. The van der Waals surface area contributed by atoms with E-state index in [-0.39, 0.29) is 5.91 Å². The van der Waals surface area contributed by atoms with Gasteiger partial charge < -0.3 is 19.9 Å². The highest BCUT2D eigenvalue weighted by atomic mass is 16.5. The minimum Gasteiger partial charge on any atom is -0.384 e. The van der Waals surface area contributed by atoms with E-state index in [1.165, 1.54) is 11.3 Å². The number of hydrogen-bond donors (Lipinski definition) is 1. The predicted octanol–water partition coefficient (Wildman–Crippen LogP) is 1.54. The van der Waals surface area contributed by atoms with Gasteiger partial charge in [-0.2, -0.15) is 0 Å². The number of benzene rings is 1. The van der Waals surface area contributed by atoms with Gasteiger partial charge in [0.1, 0.15) is 0 Å². The maximum absolute atomic E-state index is 11.7. The molecule has 20 heavy (non-hydrogen) atoms. The van der Waals surface area contributed by atoms with Gasteiger partial charge in [0.05, 0.1) is 13.0 Å². The molecule has 0 radical (unpaired) electrons. The van der Waals surface area contributed by atoms with Crippen LogP contribution in [0.1, 0.15) is 12.0 Å². The quantitative estimate of drug-likeness (QED) is 0.907. The monoisotopic (exact) mass is 277 g/mol. The average Bonchev–Trinajstić information content (AvgIpc) is 2.57. The highest BCUT2D eigenvalue weighted by Gasteiger charge is 2.15. The van der Waals surface area contributed by atoms with Crippen LogP contribution in [0.4, 0.5) is 11.4 Å². The normalized spacial score (nSPS) is 15.7. The fourth-order valence-corrected chi connectivity index (χ4v) is 2.36. The molecular formula is C15H23N3O2. The molecule has 0 unspecified atom stereocenters. The van der Waals surface area contributed by atoms with Crippen LogP contribution in [0.25, 0.3) is 0 Å². The van der Waals surface area contributed by atoms with E-state index >= 15 is 0 Å². The van der Waals surface area contributed by atoms with Crippen molar-refractivity contribution in [2.75, 3.05) is 51.1 Å². The van der Waals surface area contributed by atoms with E-state index in [9.17, 15) is 4.79 Å². The van der Waals surface area contributed by atoms with E-state index in [1.54, 1.807) is 7.11 Å². The van der Waals surface area contributed by atoms with Crippen molar-refractivity contribution in [3.63, 3.8) is 0 Å². The number of nitrogens with zero attached hydrogens (tertiary/aromatic N) is 2. The Morgan fingerprint density at radius 3 is 2.90 bits per heavy atom. The van der Waals surface area contributed by atoms with Gasteiger partial charge in [0.25, 0.3) is 0 Å². The van der Waals surface area contributed by atoms with Crippen molar-refractivity contribution in [2.24, 2.45) is 0 Å². The third-order valence-corrected chi connectivity index (χ3v) is 3.57. The van der Waals surface area contributed by atoms with Gasteiger partial charge in [-0.3, -0.25) is 4.79 Å². The number of hydrogen-bond acceptors (Lipinski definition) is 4. The van der Waals surface area contributed by atoms with Crippen LogP contribution < -0.4 is 10.2 Å². The molecule has 1 N–H and O–H groups in total. The zero-order chi connectivity index (χ0) is 14.5. The second kappa shape index (κ2) is 6.72. The standard InChI is InChI=1S/C15H23N3O2/c1-17-7-8-18(2)14-10-13(5-4-12(14)11-17)16-15(19)6-9-20-3/h4-5,10H,6-9,11H2,1-3H3,(H,16,19). The lowest BCUT2D eigenvalue weighted by atomic mass is 10.1. The molecule has 0 saturated carbocycles. The summed E-state index contributed by atoms with van der Waals surface area (Å²) >= 11 is 0. The van der Waals surface area contributed by atoms with E-state index in [1.807, 2.05) is 6.07 Å². The minimum atomic E-state index is -0.0137. The first-order valence-corrected chi connectivity index (χ1v) is 6.91. The molecular weight excluding hydrogens is 254 g/mol. The van der Waals surface area contributed by atoms with E-state index < -0.39 is 0 Å². The van der Waals surface area contributed by atoms with Crippen molar-refractivity contribution >= 4 is 17.3 Å². The van der Waals surface area contributed by atoms with Gasteiger partial charge in [-0.05, 0) is 24.7 Å². The highest BCUT2D eigenvalue weighted by Crippen LogP contribution is 2.27. The number of amides is 1. The topological polar surface area (TPSA) is 44.8 Å². The summed E-state index contributed by atoms with van der Waals surface area (Å²) < 4.78 is 4.91. The van der Waals surface area contributed by atoms with E-state index in [0.717, 1.165) is 25.3 Å². The second-order valence-corrected chi connectivity index (χ2v) is 5.29. The first-order valence-electron chi connectivity index (χ1n) is 6.91. The largest absolute Gasteiger partial charge is 0.384 e. The van der Waals surface area contributed by atoms with Gasteiger partial charge >= 0.3 is 0 Å². The Hall–Kier alpha value is -1.59. The van der Waals surface area contributed by atoms with Crippen LogP contribution in [0, 0.1) is 0 Å². The summed E-state index contributed by atoms with van der Waals surface area (Å²) in [6.07, 6.45) is 0.381. The number of fused-ring (bicyclic) bond motifs is 1. The summed E-state index contributed by atoms with van der Waals surface area (Å²) in [6, 6.07) is 6.12. The molecule has 0 saturated heterocycles. The molecule has 1 aliphatic heterocycles. The molecule has 5 nitrogen and oxygen atoms in total. The molecule has 0 spiro atoms. The summed E-state index contributed by atoms with van der Waals surface area (Å²) in [5, 5.41) is 2.92. The van der Waals surface area contributed by atoms with Crippen LogP contribution in [-0.4, -0.2) is 51.7 Å². The summed E-state index contributed by atoms with van der Waals surface area (Å²) in [5.41, 5.74) is 3.34. The molecule has 1 aromatic rings. The average molecular weight is 277 g/mol. The Kier molecular flexibility index (Phi) is 4.98. The predicted molar refractivity (Wildman–Crippen MR) is 81.2 cm³/mol. The Morgan fingerprint density at radius 1 is 1.35 bits per heavy atom. The summed E-state index contributed by atoms with van der Waals surface area (Å²) in [7, 11) is 5.82. The second-order valence-electron chi connectivity index (χ2n) is 5.29. The maximum Gasteiger partial charge on any atom is 0.226 e. The molecule has 0 aromatic heterocycles. The highest BCUT2D eigenvalue weighted by molar-refractivity contribution is 5.91. The maximum atomic E-state index is 11.7. The van der Waals surface area contributed by atoms with E-state index in [0.29, 0.717) is 13.0 Å². The van der Waals surface area contributed by atoms with Crippen LogP contribution in [0.5, 0.6) is 0 Å². The van der Waals surface area contributed by atoms with E-state index in [4.69, 9.17) is 4.74 Å². The van der Waals surface area contributed by atoms with Gasteiger partial charge in [0.15, 0.2) is 0 Å². The Labute approximate surface area is 120 Å². The molecule has 2 rings (SSSR count). The van der Waals surface area contributed by atoms with Crippen LogP contribution in [-0.2, 0) is 16.1 Å². The van der Waals surface area contributed by atoms with Gasteiger partial charge in [-0.1, -0.05) is 6.07 Å². The number of nitrogens with one attached hydrogen (secondary N) is 1. The van der Waals surface area contributed by atoms with Crippen LogP contribution in [0.15, 0.2) is 18.2 Å². The molecule has 0 fully saturated rings. The van der Waals surface area contributed by atoms with Crippen molar-refractivity contribution in [3.8, 4) is 0 Å². The van der Waals surface area contributed by atoms with Crippen molar-refractivity contribution in [2.45, 2.75) is 13.0 Å². The molecule has 1 aromatic carbocycles. The molecule has 5 heteroatoms. The van der Waals surface area contributed by atoms with Gasteiger partial charge in [-0.25, -0.2) is 0 Å². The summed E-state index contributed by atoms with van der Waals surface area (Å²) in [4.78, 5) is 16.3. The number of likely N-dealkylation sites (N-methyl/N-ethyl adjacent to an activating group) is 2. The number of carbonyl (C=O) groups excluding carboxylic acids is 1. The minimum absolute atomic E-state index is 0.0137. The van der Waals surface area contributed by atoms with Crippen molar-refractivity contribution in [1.29, 1.82) is 0 Å². The third-order valence-electron chi connectivity index (χ3n) is 3.57. The van der Waals surface area contributed by atoms with E-state index in [2.05, 4.69) is 41.3 Å². The number of ether oxygens (including phenoxy) is 1. The molecule has 0 aliphatic carbocycles. The van der Waals surface area contributed by atoms with Gasteiger partial charge in [-0.15, -0.1) is 0 Å². The van der Waals surface area contributed by atoms with Gasteiger partial charge in [0, 0.05) is 45.2 Å². The smallest absolute Gasteiger partial charge is 0.226 e. The summed E-state index contributed by atoms with van der Waals surface area (Å²) in [6.45, 7) is 3.42. The SMILES string of the molecule is COCCC(=O)Nc1ccc2c(c1)N(C)CCN(C)C2. The van der Waals surface area contributed by atoms with Crippen LogP contribution in [0.2, 0.25) is 0 Å². The number of anilines is 2. The van der Waals surface area contributed by atoms with Crippen molar-refractivity contribution in [3.05, 3.63) is 23.8 Å². The molecule has 110 valence electrons. The Balaban J connectivity index is 2.12. The zero-order valence-electron chi connectivity index (χ0n) is 12.5. The molecule has 1 aliphatic rings. The fourth-order valence-electron chi connectivity index (χ4n) is 2.36. The van der Waals surface area contributed by atoms with Gasteiger partial charge in [0.2, 0.25) is 5.91 Å². The zero-order valence-corrected chi connectivity index (χ0v) is 12.5.